The maximum absolute atomic E-state index is 13.7. The van der Waals surface area contributed by atoms with E-state index in [0.29, 0.717) is 19.0 Å². The summed E-state index contributed by atoms with van der Waals surface area (Å²) >= 11 is 0. The van der Waals surface area contributed by atoms with Crippen molar-refractivity contribution < 1.29 is 14.3 Å². The molecule has 2 aliphatic rings. The van der Waals surface area contributed by atoms with Gasteiger partial charge in [-0.1, -0.05) is 46.0 Å². The lowest BCUT2D eigenvalue weighted by atomic mass is 9.88. The molecule has 0 atom stereocenters. The SMILES string of the molecule is CCN(CC)CCOC(=O)C(C)(C)NC(=O)c1cc2c(n(CC3CCCCC3)c1=O)CCCCCC2. The smallest absolute Gasteiger partial charge is 0.331 e. The van der Waals surface area contributed by atoms with Crippen LogP contribution < -0.4 is 10.9 Å². The molecule has 202 valence electrons. The molecular formula is C29H47N3O4. The Labute approximate surface area is 217 Å². The third kappa shape index (κ3) is 7.44. The van der Waals surface area contributed by atoms with Crippen LogP contribution >= 0.6 is 0 Å². The number of esters is 1. The molecule has 1 aromatic rings. The van der Waals surface area contributed by atoms with Gasteiger partial charge in [0, 0.05) is 18.8 Å². The Morgan fingerprint density at radius 1 is 1.03 bits per heavy atom. The monoisotopic (exact) mass is 501 g/mol. The highest BCUT2D eigenvalue weighted by atomic mass is 16.5. The van der Waals surface area contributed by atoms with E-state index in [1.165, 1.54) is 32.1 Å². The van der Waals surface area contributed by atoms with Crippen LogP contribution in [0.2, 0.25) is 0 Å². The summed E-state index contributed by atoms with van der Waals surface area (Å²) in [6.45, 7) is 10.8. The lowest BCUT2D eigenvalue weighted by molar-refractivity contribution is -0.150. The second kappa shape index (κ2) is 13.4. The van der Waals surface area contributed by atoms with Gasteiger partial charge in [0.1, 0.15) is 17.7 Å². The van der Waals surface area contributed by atoms with Gasteiger partial charge in [0.2, 0.25) is 0 Å². The minimum Gasteiger partial charge on any atom is -0.463 e. The Balaban J connectivity index is 1.81. The van der Waals surface area contributed by atoms with Crippen molar-refractivity contribution in [1.82, 2.24) is 14.8 Å². The van der Waals surface area contributed by atoms with E-state index in [4.69, 9.17) is 4.74 Å². The van der Waals surface area contributed by atoms with E-state index in [9.17, 15) is 14.4 Å². The molecule has 1 saturated carbocycles. The normalized spacial score (nSPS) is 17.2. The molecule has 1 N–H and O–H groups in total. The quantitative estimate of drug-likeness (QED) is 0.478. The summed E-state index contributed by atoms with van der Waals surface area (Å²) < 4.78 is 7.39. The highest BCUT2D eigenvalue weighted by molar-refractivity contribution is 5.97. The number of carbonyl (C=O) groups excluding carboxylic acids is 2. The number of rotatable bonds is 10. The standard InChI is InChI=1S/C29H47N3O4/c1-5-31(6-2)18-19-36-28(35)29(3,4)30-26(33)24-20-23-16-12-7-8-13-17-25(23)32(27(24)34)21-22-14-10-9-11-15-22/h20,22H,5-19,21H2,1-4H3,(H,30,33). The molecule has 7 heteroatoms. The largest absolute Gasteiger partial charge is 0.463 e. The molecule has 0 aliphatic heterocycles. The zero-order valence-electron chi connectivity index (χ0n) is 23.0. The van der Waals surface area contributed by atoms with E-state index < -0.39 is 17.4 Å². The molecule has 1 fully saturated rings. The fourth-order valence-electron chi connectivity index (χ4n) is 5.61. The highest BCUT2D eigenvalue weighted by Crippen LogP contribution is 2.27. The number of ether oxygens (including phenoxy) is 1. The highest BCUT2D eigenvalue weighted by Gasteiger charge is 2.33. The van der Waals surface area contributed by atoms with E-state index in [0.717, 1.165) is 62.9 Å². The van der Waals surface area contributed by atoms with Crippen molar-refractivity contribution in [2.24, 2.45) is 5.92 Å². The first kappa shape index (κ1) is 28.4. The molecule has 0 radical (unpaired) electrons. The first-order chi connectivity index (χ1) is 17.3. The molecule has 36 heavy (non-hydrogen) atoms. The van der Waals surface area contributed by atoms with Crippen LogP contribution in [0, 0.1) is 5.92 Å². The average Bonchev–Trinajstić information content (AvgIpc) is 2.84. The number of aryl methyl sites for hydroxylation is 1. The summed E-state index contributed by atoms with van der Waals surface area (Å²) in [7, 11) is 0. The van der Waals surface area contributed by atoms with Crippen LogP contribution in [0.4, 0.5) is 0 Å². The number of carbonyl (C=O) groups is 2. The summed E-state index contributed by atoms with van der Waals surface area (Å²) in [4.78, 5) is 42.1. The third-order valence-electron chi connectivity index (χ3n) is 7.98. The Morgan fingerprint density at radius 2 is 1.67 bits per heavy atom. The minimum absolute atomic E-state index is 0.147. The second-order valence-corrected chi connectivity index (χ2v) is 11.1. The van der Waals surface area contributed by atoms with Gasteiger partial charge in [0.15, 0.2) is 0 Å². The number of likely N-dealkylation sites (N-methyl/N-ethyl adjacent to an activating group) is 1. The molecule has 7 nitrogen and oxygen atoms in total. The van der Waals surface area contributed by atoms with Crippen molar-refractivity contribution in [2.45, 2.75) is 110 Å². The van der Waals surface area contributed by atoms with Gasteiger partial charge in [-0.3, -0.25) is 9.59 Å². The first-order valence-electron chi connectivity index (χ1n) is 14.2. The van der Waals surface area contributed by atoms with Crippen LogP contribution in [0.5, 0.6) is 0 Å². The third-order valence-corrected chi connectivity index (χ3v) is 7.98. The van der Waals surface area contributed by atoms with E-state index in [2.05, 4.69) is 24.1 Å². The van der Waals surface area contributed by atoms with Crippen LogP contribution in [0.1, 0.15) is 107 Å². The Kier molecular flexibility index (Phi) is 10.6. The van der Waals surface area contributed by atoms with Gasteiger partial charge in [0.05, 0.1) is 0 Å². The zero-order chi connectivity index (χ0) is 26.1. The van der Waals surface area contributed by atoms with Crippen LogP contribution in [-0.2, 0) is 28.9 Å². The number of hydrogen-bond acceptors (Lipinski definition) is 5. The van der Waals surface area contributed by atoms with E-state index in [1.807, 2.05) is 4.57 Å². The second-order valence-electron chi connectivity index (χ2n) is 11.1. The van der Waals surface area contributed by atoms with Crippen molar-refractivity contribution in [3.8, 4) is 0 Å². The van der Waals surface area contributed by atoms with Gasteiger partial charge < -0.3 is 19.5 Å². The zero-order valence-corrected chi connectivity index (χ0v) is 23.0. The number of nitrogens with zero attached hydrogens (tertiary/aromatic N) is 2. The summed E-state index contributed by atoms with van der Waals surface area (Å²) in [5.41, 5.74) is 0.939. The maximum Gasteiger partial charge on any atom is 0.331 e. The summed E-state index contributed by atoms with van der Waals surface area (Å²) in [6.07, 6.45) is 12.3. The predicted molar refractivity (Wildman–Crippen MR) is 143 cm³/mol. The molecule has 0 unspecified atom stereocenters. The number of pyridine rings is 1. The van der Waals surface area contributed by atoms with E-state index in [-0.39, 0.29) is 17.7 Å². The van der Waals surface area contributed by atoms with Crippen molar-refractivity contribution in [1.29, 1.82) is 0 Å². The van der Waals surface area contributed by atoms with Gasteiger partial charge in [-0.2, -0.15) is 0 Å². The van der Waals surface area contributed by atoms with Crippen LogP contribution in [0.25, 0.3) is 0 Å². The van der Waals surface area contributed by atoms with Crippen molar-refractivity contribution in [3.05, 3.63) is 33.2 Å². The Morgan fingerprint density at radius 3 is 2.33 bits per heavy atom. The fraction of sp³-hybridized carbons (Fsp3) is 0.759. The summed E-state index contributed by atoms with van der Waals surface area (Å²) in [5, 5.41) is 2.80. The van der Waals surface area contributed by atoms with Gasteiger partial charge in [-0.25, -0.2) is 4.79 Å². The van der Waals surface area contributed by atoms with Crippen molar-refractivity contribution in [3.63, 3.8) is 0 Å². The molecule has 0 spiro atoms. The predicted octanol–water partition coefficient (Wildman–Crippen LogP) is 4.48. The molecule has 0 aromatic carbocycles. The van der Waals surface area contributed by atoms with Crippen LogP contribution in [0.15, 0.2) is 10.9 Å². The molecule has 0 saturated heterocycles. The number of fused-ring (bicyclic) bond motifs is 1. The van der Waals surface area contributed by atoms with Gasteiger partial charge in [-0.15, -0.1) is 0 Å². The Hall–Kier alpha value is -2.15. The molecule has 0 bridgehead atoms. The molecule has 1 amide bonds. The number of nitrogens with one attached hydrogen (secondary N) is 1. The maximum atomic E-state index is 13.7. The summed E-state index contributed by atoms with van der Waals surface area (Å²) in [6, 6.07) is 1.80. The molecule has 3 rings (SSSR count). The van der Waals surface area contributed by atoms with Crippen LogP contribution in [-0.4, -0.2) is 53.1 Å². The van der Waals surface area contributed by atoms with Gasteiger partial charge >= 0.3 is 5.97 Å². The lowest BCUT2D eigenvalue weighted by Gasteiger charge is -2.28. The lowest BCUT2D eigenvalue weighted by Crippen LogP contribution is -2.52. The number of amides is 1. The van der Waals surface area contributed by atoms with E-state index >= 15 is 0 Å². The minimum atomic E-state index is -1.23. The average molecular weight is 502 g/mol. The van der Waals surface area contributed by atoms with E-state index in [1.54, 1.807) is 19.9 Å². The van der Waals surface area contributed by atoms with Gasteiger partial charge in [0.25, 0.3) is 11.5 Å². The Bertz CT molecular complexity index is 943. The summed E-state index contributed by atoms with van der Waals surface area (Å²) in [5.74, 6) is -0.494. The number of aromatic nitrogens is 1. The van der Waals surface area contributed by atoms with Gasteiger partial charge in [-0.05, 0) is 83.0 Å². The molecule has 1 heterocycles. The fourth-order valence-corrected chi connectivity index (χ4v) is 5.61. The van der Waals surface area contributed by atoms with Crippen LogP contribution in [0.3, 0.4) is 0 Å². The van der Waals surface area contributed by atoms with Crippen molar-refractivity contribution >= 4 is 11.9 Å². The molecule has 2 aliphatic carbocycles. The number of hydrogen-bond donors (Lipinski definition) is 1. The molecular weight excluding hydrogens is 454 g/mol. The topological polar surface area (TPSA) is 80.6 Å². The van der Waals surface area contributed by atoms with Crippen molar-refractivity contribution in [2.75, 3.05) is 26.2 Å². The molecule has 1 aromatic heterocycles. The first-order valence-corrected chi connectivity index (χ1v) is 14.2.